The van der Waals surface area contributed by atoms with Crippen molar-refractivity contribution < 1.29 is 4.79 Å². The zero-order valence-corrected chi connectivity index (χ0v) is 12.8. The first-order valence-corrected chi connectivity index (χ1v) is 7.87. The third-order valence-corrected chi connectivity index (χ3v) is 4.40. The minimum Gasteiger partial charge on any atom is -0.337 e. The molecule has 1 heterocycles. The fourth-order valence-electron chi connectivity index (χ4n) is 3.14. The maximum atomic E-state index is 12.8. The Balaban J connectivity index is 2.10. The summed E-state index contributed by atoms with van der Waals surface area (Å²) in [7, 11) is 0. The molecule has 0 amide bonds. The second-order valence-electron chi connectivity index (χ2n) is 5.87. The molecule has 4 heteroatoms. The lowest BCUT2D eigenvalue weighted by Crippen LogP contribution is -2.11. The van der Waals surface area contributed by atoms with E-state index >= 15 is 0 Å². The molecule has 1 aliphatic carbocycles. The van der Waals surface area contributed by atoms with Crippen LogP contribution in [0.2, 0.25) is 0 Å². The van der Waals surface area contributed by atoms with Crippen LogP contribution in [0.25, 0.3) is 21.8 Å². The molecule has 0 spiro atoms. The molecule has 0 saturated heterocycles. The Bertz CT molecular complexity index is 970. The summed E-state index contributed by atoms with van der Waals surface area (Å²) >= 11 is 3.83. The number of benzene rings is 2. The molecule has 4 rings (SSSR count). The summed E-state index contributed by atoms with van der Waals surface area (Å²) in [6, 6.07) is 14.0. The van der Waals surface area contributed by atoms with Crippen molar-refractivity contribution in [2.75, 3.05) is 0 Å². The number of fused-ring (bicyclic) bond motifs is 2. The summed E-state index contributed by atoms with van der Waals surface area (Å²) in [6.07, 6.45) is 2.55. The van der Waals surface area contributed by atoms with Crippen LogP contribution in [0.15, 0.2) is 47.3 Å². The zero-order valence-electron chi connectivity index (χ0n) is 12.0. The summed E-state index contributed by atoms with van der Waals surface area (Å²) in [5.41, 5.74) is 2.83. The van der Waals surface area contributed by atoms with Crippen molar-refractivity contribution >= 4 is 39.5 Å². The maximum absolute atomic E-state index is 12.8. The molecule has 1 saturated carbocycles. The van der Waals surface area contributed by atoms with Gasteiger partial charge in [0.2, 0.25) is 0 Å². The number of hydrogen-bond donors (Lipinski definition) is 1. The molecule has 0 radical (unpaired) electrons. The predicted octanol–water partition coefficient (Wildman–Crippen LogP) is 3.49. The van der Waals surface area contributed by atoms with Crippen molar-refractivity contribution in [1.29, 1.82) is 0 Å². The van der Waals surface area contributed by atoms with Gasteiger partial charge in [-0.05, 0) is 42.7 Å². The molecule has 22 heavy (non-hydrogen) atoms. The van der Waals surface area contributed by atoms with Crippen LogP contribution in [0.4, 0.5) is 0 Å². The van der Waals surface area contributed by atoms with E-state index < -0.39 is 0 Å². The van der Waals surface area contributed by atoms with Crippen molar-refractivity contribution in [1.82, 2.24) is 4.57 Å². The highest BCUT2D eigenvalue weighted by Gasteiger charge is 2.26. The fraction of sp³-hybridized carbons (Fsp3) is 0.222. The van der Waals surface area contributed by atoms with Crippen molar-refractivity contribution in [3.05, 3.63) is 58.3 Å². The monoisotopic (exact) mass is 309 g/mol. The summed E-state index contributed by atoms with van der Waals surface area (Å²) in [5.74, 6) is 0. The number of carbonyl (C=O) groups is 1. The van der Waals surface area contributed by atoms with E-state index in [-0.39, 0.29) is 17.0 Å². The Morgan fingerprint density at radius 1 is 1.09 bits per heavy atom. The van der Waals surface area contributed by atoms with E-state index in [1.807, 2.05) is 42.5 Å². The molecule has 0 N–H and O–H groups in total. The molecule has 110 valence electrons. The van der Waals surface area contributed by atoms with E-state index in [9.17, 15) is 9.59 Å². The number of rotatable bonds is 3. The highest BCUT2D eigenvalue weighted by Crippen LogP contribution is 2.39. The van der Waals surface area contributed by atoms with Gasteiger partial charge < -0.3 is 4.57 Å². The summed E-state index contributed by atoms with van der Waals surface area (Å²) < 4.78 is 2.28. The molecular formula is C18H15NO2S. The second kappa shape index (κ2) is 4.99. The van der Waals surface area contributed by atoms with Gasteiger partial charge in [0.05, 0.1) is 11.0 Å². The lowest BCUT2D eigenvalue weighted by molar-refractivity contribution is -0.110. The number of aromatic nitrogens is 1. The van der Waals surface area contributed by atoms with Crippen LogP contribution in [0, 0.1) is 0 Å². The quantitative estimate of drug-likeness (QED) is 0.594. The number of para-hydroxylation sites is 1. The first-order chi connectivity index (χ1) is 10.6. The Morgan fingerprint density at radius 3 is 2.55 bits per heavy atom. The molecule has 0 bridgehead atoms. The molecule has 0 aliphatic heterocycles. The molecule has 1 aromatic heterocycles. The smallest absolute Gasteiger partial charge is 0.197 e. The minimum atomic E-state index is -0.192. The highest BCUT2D eigenvalue weighted by atomic mass is 32.1. The van der Waals surface area contributed by atoms with Crippen LogP contribution >= 0.6 is 12.6 Å². The number of nitrogens with zero attached hydrogens (tertiary/aromatic N) is 1. The van der Waals surface area contributed by atoms with Gasteiger partial charge in [-0.1, -0.05) is 18.2 Å². The maximum Gasteiger partial charge on any atom is 0.197 e. The summed E-state index contributed by atoms with van der Waals surface area (Å²) in [5, 5.41) is 1.25. The second-order valence-corrected chi connectivity index (χ2v) is 6.37. The zero-order chi connectivity index (χ0) is 15.3. The third kappa shape index (κ3) is 2.15. The highest BCUT2D eigenvalue weighted by molar-refractivity contribution is 7.96. The molecule has 3 nitrogen and oxygen atoms in total. The Morgan fingerprint density at radius 2 is 1.82 bits per heavy atom. The van der Waals surface area contributed by atoms with E-state index in [4.69, 9.17) is 0 Å². The Hall–Kier alpha value is -2.07. The van der Waals surface area contributed by atoms with Crippen LogP contribution < -0.4 is 5.43 Å². The molecule has 3 aromatic rings. The minimum absolute atomic E-state index is 0.0379. The molecule has 1 aliphatic rings. The average molecular weight is 309 g/mol. The third-order valence-electron chi connectivity index (χ3n) is 4.24. The van der Waals surface area contributed by atoms with E-state index in [0.29, 0.717) is 11.4 Å². The molecular weight excluding hydrogens is 294 g/mol. The van der Waals surface area contributed by atoms with Gasteiger partial charge in [-0.15, -0.1) is 12.6 Å². The molecule has 2 aromatic carbocycles. The van der Waals surface area contributed by atoms with Crippen LogP contribution in [0.1, 0.15) is 24.4 Å². The SMILES string of the molecule is O=C(S)Cc1ccc2c(c1)c(=O)c1ccccc1n2C1CC1. The van der Waals surface area contributed by atoms with Gasteiger partial charge in [-0.3, -0.25) is 9.59 Å². The van der Waals surface area contributed by atoms with Gasteiger partial charge in [-0.2, -0.15) is 0 Å². The number of carbonyl (C=O) groups excluding carboxylic acids is 1. The summed E-state index contributed by atoms with van der Waals surface area (Å²) in [6.45, 7) is 0. The van der Waals surface area contributed by atoms with E-state index in [1.165, 1.54) is 0 Å². The average Bonchev–Trinajstić information content (AvgIpc) is 3.32. The molecule has 0 unspecified atom stereocenters. The van der Waals surface area contributed by atoms with Crippen LogP contribution in [-0.2, 0) is 11.2 Å². The number of thiol groups is 1. The van der Waals surface area contributed by atoms with Gasteiger partial charge in [0.25, 0.3) is 0 Å². The normalized spacial score (nSPS) is 14.6. The largest absolute Gasteiger partial charge is 0.337 e. The van der Waals surface area contributed by atoms with E-state index in [1.54, 1.807) is 0 Å². The van der Waals surface area contributed by atoms with Crippen molar-refractivity contribution in [2.24, 2.45) is 0 Å². The topological polar surface area (TPSA) is 39.1 Å². The molecule has 1 fully saturated rings. The van der Waals surface area contributed by atoms with E-state index in [0.717, 1.165) is 34.8 Å². The van der Waals surface area contributed by atoms with Gasteiger partial charge in [-0.25, -0.2) is 0 Å². The Kier molecular flexibility index (Phi) is 3.08. The Labute approximate surface area is 133 Å². The van der Waals surface area contributed by atoms with Crippen LogP contribution in [0.5, 0.6) is 0 Å². The van der Waals surface area contributed by atoms with Crippen LogP contribution in [0.3, 0.4) is 0 Å². The van der Waals surface area contributed by atoms with Gasteiger partial charge in [0, 0.05) is 23.2 Å². The first kappa shape index (κ1) is 13.6. The van der Waals surface area contributed by atoms with Crippen molar-refractivity contribution in [3.63, 3.8) is 0 Å². The lowest BCUT2D eigenvalue weighted by atomic mass is 10.0. The fourth-order valence-corrected chi connectivity index (χ4v) is 3.32. The predicted molar refractivity (Wildman–Crippen MR) is 91.7 cm³/mol. The van der Waals surface area contributed by atoms with Gasteiger partial charge in [0.15, 0.2) is 10.5 Å². The number of pyridine rings is 1. The van der Waals surface area contributed by atoms with Crippen molar-refractivity contribution in [3.8, 4) is 0 Å². The number of hydrogen-bond acceptors (Lipinski definition) is 2. The molecule has 0 atom stereocenters. The van der Waals surface area contributed by atoms with Gasteiger partial charge >= 0.3 is 0 Å². The lowest BCUT2D eigenvalue weighted by Gasteiger charge is -2.15. The standard InChI is InChI=1S/C18H15NO2S/c20-17(22)10-11-5-8-16-14(9-11)18(21)13-3-1-2-4-15(13)19(16)12-6-7-12/h1-5,8-9,12H,6-7,10H2,(H,20,22). The van der Waals surface area contributed by atoms with Crippen molar-refractivity contribution in [2.45, 2.75) is 25.3 Å². The van der Waals surface area contributed by atoms with Crippen LogP contribution in [-0.4, -0.2) is 9.68 Å². The summed E-state index contributed by atoms with van der Waals surface area (Å²) in [4.78, 5) is 24.0. The van der Waals surface area contributed by atoms with E-state index in [2.05, 4.69) is 17.2 Å². The van der Waals surface area contributed by atoms with Gasteiger partial charge in [0.1, 0.15) is 0 Å². The first-order valence-electron chi connectivity index (χ1n) is 7.43.